The highest BCUT2D eigenvalue weighted by molar-refractivity contribution is 5.93. The summed E-state index contributed by atoms with van der Waals surface area (Å²) < 4.78 is 6.67. The number of hydrogen-bond acceptors (Lipinski definition) is 5. The van der Waals surface area contributed by atoms with Crippen molar-refractivity contribution in [3.05, 3.63) is 101 Å². The van der Waals surface area contributed by atoms with E-state index in [2.05, 4.69) is 15.7 Å². The fourth-order valence-electron chi connectivity index (χ4n) is 3.43. The number of nitrogens with zero attached hydrogens (tertiary/aromatic N) is 2. The fourth-order valence-corrected chi connectivity index (χ4v) is 3.43. The van der Waals surface area contributed by atoms with Crippen LogP contribution < -0.4 is 20.9 Å². The third-order valence-corrected chi connectivity index (χ3v) is 5.25. The summed E-state index contributed by atoms with van der Waals surface area (Å²) in [4.78, 5) is 25.3. The minimum absolute atomic E-state index is 0.331. The maximum Gasteiger partial charge on any atom is 0.267 e. The summed E-state index contributed by atoms with van der Waals surface area (Å²) in [7, 11) is 0. The number of carbonyl (C=O) groups is 1. The molecule has 1 aromatic heterocycles. The second-order valence-electron chi connectivity index (χ2n) is 7.69. The van der Waals surface area contributed by atoms with Crippen molar-refractivity contribution in [3.8, 4) is 17.0 Å². The third kappa shape index (κ3) is 5.50. The predicted molar refractivity (Wildman–Crippen MR) is 135 cm³/mol. The number of nitrogens with one attached hydrogen (secondary N) is 2. The van der Waals surface area contributed by atoms with Gasteiger partial charge in [-0.25, -0.2) is 4.68 Å². The van der Waals surface area contributed by atoms with E-state index in [1.165, 1.54) is 10.7 Å². The van der Waals surface area contributed by atoms with Crippen LogP contribution in [-0.4, -0.2) is 22.3 Å². The van der Waals surface area contributed by atoms with E-state index in [-0.39, 0.29) is 11.5 Å². The van der Waals surface area contributed by atoms with Crippen LogP contribution in [0.4, 0.5) is 17.1 Å². The van der Waals surface area contributed by atoms with Crippen LogP contribution in [0, 0.1) is 0 Å². The van der Waals surface area contributed by atoms with Crippen LogP contribution in [-0.2, 0) is 4.79 Å². The van der Waals surface area contributed by atoms with E-state index in [0.717, 1.165) is 22.7 Å². The second kappa shape index (κ2) is 10.5. The lowest BCUT2D eigenvalue weighted by molar-refractivity contribution is -0.119. The highest BCUT2D eigenvalue weighted by atomic mass is 16.5. The molecule has 0 saturated carbocycles. The van der Waals surface area contributed by atoms with Crippen molar-refractivity contribution < 1.29 is 9.53 Å². The molecule has 0 aliphatic heterocycles. The number of rotatable bonds is 8. The van der Waals surface area contributed by atoms with Crippen LogP contribution in [0.2, 0.25) is 0 Å². The van der Waals surface area contributed by atoms with Crippen LogP contribution >= 0.6 is 0 Å². The van der Waals surface area contributed by atoms with E-state index in [0.29, 0.717) is 18.0 Å². The van der Waals surface area contributed by atoms with Gasteiger partial charge in [0.15, 0.2) is 0 Å². The molecule has 3 aromatic carbocycles. The average Bonchev–Trinajstić information content (AvgIpc) is 2.86. The van der Waals surface area contributed by atoms with Gasteiger partial charge in [-0.3, -0.25) is 9.59 Å². The first kappa shape index (κ1) is 22.8. The highest BCUT2D eigenvalue weighted by Crippen LogP contribution is 2.21. The van der Waals surface area contributed by atoms with Gasteiger partial charge < -0.3 is 15.4 Å². The molecule has 1 unspecified atom stereocenters. The molecule has 4 rings (SSSR count). The second-order valence-corrected chi connectivity index (χ2v) is 7.69. The molecule has 1 atom stereocenters. The molecule has 4 aromatic rings. The monoisotopic (exact) mass is 454 g/mol. The first-order chi connectivity index (χ1) is 16.5. The molecule has 7 nitrogen and oxygen atoms in total. The molecular weight excluding hydrogens is 428 g/mol. The summed E-state index contributed by atoms with van der Waals surface area (Å²) in [5.41, 5.74) is 3.58. The summed E-state index contributed by atoms with van der Waals surface area (Å²) in [6, 6.07) is 26.9. The normalized spacial score (nSPS) is 11.5. The minimum Gasteiger partial charge on any atom is -0.494 e. The van der Waals surface area contributed by atoms with Crippen molar-refractivity contribution in [3.63, 3.8) is 0 Å². The van der Waals surface area contributed by atoms with Gasteiger partial charge in [0.1, 0.15) is 11.8 Å². The number of ether oxygens (including phenoxy) is 1. The molecule has 0 radical (unpaired) electrons. The van der Waals surface area contributed by atoms with Crippen LogP contribution in [0.5, 0.6) is 5.75 Å². The Labute approximate surface area is 198 Å². The summed E-state index contributed by atoms with van der Waals surface area (Å²) in [5, 5.41) is 10.6. The molecule has 7 heteroatoms. The van der Waals surface area contributed by atoms with Crippen molar-refractivity contribution >= 4 is 23.0 Å². The Morgan fingerprint density at radius 1 is 0.882 bits per heavy atom. The van der Waals surface area contributed by atoms with Crippen molar-refractivity contribution in [1.29, 1.82) is 0 Å². The van der Waals surface area contributed by atoms with Gasteiger partial charge in [0.25, 0.3) is 5.56 Å². The van der Waals surface area contributed by atoms with Gasteiger partial charge in [-0.15, -0.1) is 0 Å². The Hall–Kier alpha value is -4.39. The zero-order chi connectivity index (χ0) is 23.9. The number of amides is 1. The molecule has 0 aliphatic rings. The summed E-state index contributed by atoms with van der Waals surface area (Å²) >= 11 is 0. The zero-order valence-corrected chi connectivity index (χ0v) is 19.1. The Kier molecular flexibility index (Phi) is 7.03. The van der Waals surface area contributed by atoms with E-state index < -0.39 is 6.04 Å². The van der Waals surface area contributed by atoms with Gasteiger partial charge in [-0.05, 0) is 80.6 Å². The van der Waals surface area contributed by atoms with Gasteiger partial charge in [-0.2, -0.15) is 5.10 Å². The van der Waals surface area contributed by atoms with Crippen molar-refractivity contribution in [2.24, 2.45) is 0 Å². The molecule has 0 spiro atoms. The molecule has 1 heterocycles. The average molecular weight is 455 g/mol. The SMILES string of the molecule is CCOc1ccc(-c2ccc(=O)n(C(C)C(=O)Nc3ccc(Nc4ccccc4)cc3)n2)cc1. The zero-order valence-electron chi connectivity index (χ0n) is 19.1. The molecule has 2 N–H and O–H groups in total. The van der Waals surface area contributed by atoms with Gasteiger partial charge in [0, 0.05) is 28.7 Å². The predicted octanol–water partition coefficient (Wildman–Crippen LogP) is 5.25. The summed E-state index contributed by atoms with van der Waals surface area (Å²) in [5.74, 6) is 0.430. The number of hydrogen-bond donors (Lipinski definition) is 2. The fraction of sp³-hybridized carbons (Fsp3) is 0.148. The molecule has 34 heavy (non-hydrogen) atoms. The van der Waals surface area contributed by atoms with Gasteiger partial charge in [0.05, 0.1) is 12.3 Å². The lowest BCUT2D eigenvalue weighted by Crippen LogP contribution is -2.33. The van der Waals surface area contributed by atoms with Crippen LogP contribution in [0.15, 0.2) is 95.8 Å². The molecule has 0 bridgehead atoms. The minimum atomic E-state index is -0.794. The molecule has 0 fully saturated rings. The highest BCUT2D eigenvalue weighted by Gasteiger charge is 2.18. The molecule has 0 saturated heterocycles. The maximum atomic E-state index is 12.9. The van der Waals surface area contributed by atoms with E-state index >= 15 is 0 Å². The lowest BCUT2D eigenvalue weighted by Gasteiger charge is -2.15. The lowest BCUT2D eigenvalue weighted by atomic mass is 10.1. The van der Waals surface area contributed by atoms with Crippen LogP contribution in [0.1, 0.15) is 19.9 Å². The van der Waals surface area contributed by atoms with Crippen molar-refractivity contribution in [1.82, 2.24) is 9.78 Å². The third-order valence-electron chi connectivity index (χ3n) is 5.25. The number of carbonyl (C=O) groups excluding carboxylic acids is 1. The van der Waals surface area contributed by atoms with Crippen LogP contribution in [0.25, 0.3) is 11.3 Å². The summed E-state index contributed by atoms with van der Waals surface area (Å²) in [6.07, 6.45) is 0. The number of aromatic nitrogens is 2. The topological polar surface area (TPSA) is 85.2 Å². The Bertz CT molecular complexity index is 1300. The number of anilines is 3. The van der Waals surface area contributed by atoms with E-state index in [9.17, 15) is 9.59 Å². The standard InChI is InChI=1S/C27H26N4O3/c1-3-34-24-15-9-20(10-16-24)25-17-18-26(32)31(30-25)19(2)27(33)29-23-13-11-22(12-14-23)28-21-7-5-4-6-8-21/h4-19,28H,3H2,1-2H3,(H,29,33). The van der Waals surface area contributed by atoms with Crippen LogP contribution in [0.3, 0.4) is 0 Å². The molecular formula is C27H26N4O3. The van der Waals surface area contributed by atoms with Gasteiger partial charge in [0.2, 0.25) is 5.91 Å². The quantitative estimate of drug-likeness (QED) is 0.380. The molecule has 1 amide bonds. The van der Waals surface area contributed by atoms with E-state index in [4.69, 9.17) is 4.74 Å². The van der Waals surface area contributed by atoms with E-state index in [1.807, 2.05) is 85.8 Å². The Morgan fingerprint density at radius 3 is 2.21 bits per heavy atom. The number of para-hydroxylation sites is 1. The Balaban J connectivity index is 1.46. The van der Waals surface area contributed by atoms with Crippen molar-refractivity contribution in [2.75, 3.05) is 17.2 Å². The first-order valence-corrected chi connectivity index (χ1v) is 11.1. The molecule has 172 valence electrons. The Morgan fingerprint density at radius 2 is 1.53 bits per heavy atom. The van der Waals surface area contributed by atoms with Gasteiger partial charge in [-0.1, -0.05) is 18.2 Å². The smallest absolute Gasteiger partial charge is 0.267 e. The largest absolute Gasteiger partial charge is 0.494 e. The van der Waals surface area contributed by atoms with E-state index in [1.54, 1.807) is 13.0 Å². The first-order valence-electron chi connectivity index (χ1n) is 11.1. The molecule has 0 aliphatic carbocycles. The van der Waals surface area contributed by atoms with Gasteiger partial charge >= 0.3 is 0 Å². The van der Waals surface area contributed by atoms with Crippen molar-refractivity contribution in [2.45, 2.75) is 19.9 Å². The number of benzene rings is 3. The maximum absolute atomic E-state index is 12.9. The summed E-state index contributed by atoms with van der Waals surface area (Å²) in [6.45, 7) is 4.16.